The monoisotopic (exact) mass is 279 g/mol. The van der Waals surface area contributed by atoms with Gasteiger partial charge in [0.25, 0.3) is 0 Å². The Morgan fingerprint density at radius 2 is 1.72 bits per heavy atom. The van der Waals surface area contributed by atoms with Crippen molar-refractivity contribution in [3.05, 3.63) is 17.3 Å². The van der Waals surface area contributed by atoms with E-state index in [0.29, 0.717) is 0 Å². The average molecular weight is 279 g/mol. The van der Waals surface area contributed by atoms with Gasteiger partial charge in [-0.1, -0.05) is 0 Å². The molecule has 0 unspecified atom stereocenters. The number of ether oxygens (including phenoxy) is 1. The van der Waals surface area contributed by atoms with Gasteiger partial charge in [0.15, 0.2) is 0 Å². The van der Waals surface area contributed by atoms with E-state index in [9.17, 15) is 30.7 Å². The molecular formula is C8H4F7NO2. The second kappa shape index (κ2) is 4.50. The minimum absolute atomic E-state index is 0.0804. The lowest BCUT2D eigenvalue weighted by Crippen LogP contribution is -2.21. The van der Waals surface area contributed by atoms with Crippen molar-refractivity contribution in [1.29, 1.82) is 0 Å². The summed E-state index contributed by atoms with van der Waals surface area (Å²) in [5.74, 6) is -3.07. The molecule has 1 rings (SSSR count). The van der Waals surface area contributed by atoms with Gasteiger partial charge in [-0.2, -0.15) is 13.2 Å². The first kappa shape index (κ1) is 14.3. The molecule has 0 saturated heterocycles. The number of nitrogens with zero attached hydrogens (tertiary/aromatic N) is 1. The number of halogens is 7. The van der Waals surface area contributed by atoms with Crippen LogP contribution in [-0.2, 0) is 12.9 Å². The predicted molar refractivity (Wildman–Crippen MR) is 42.4 cm³/mol. The van der Waals surface area contributed by atoms with Gasteiger partial charge < -0.3 is 9.84 Å². The molecule has 0 aliphatic heterocycles. The van der Waals surface area contributed by atoms with Crippen molar-refractivity contribution in [2.75, 3.05) is 0 Å². The van der Waals surface area contributed by atoms with Crippen LogP contribution in [0.25, 0.3) is 0 Å². The van der Waals surface area contributed by atoms with E-state index in [1.54, 1.807) is 0 Å². The van der Waals surface area contributed by atoms with Crippen molar-refractivity contribution in [2.45, 2.75) is 19.2 Å². The first-order valence-corrected chi connectivity index (χ1v) is 4.16. The zero-order valence-electron chi connectivity index (χ0n) is 8.23. The van der Waals surface area contributed by atoms with Crippen molar-refractivity contribution in [3.8, 4) is 11.6 Å². The number of hydrogen-bond acceptors (Lipinski definition) is 3. The highest BCUT2D eigenvalue weighted by Crippen LogP contribution is 2.39. The molecule has 0 aliphatic rings. The fourth-order valence-electron chi connectivity index (χ4n) is 1.01. The van der Waals surface area contributed by atoms with Gasteiger partial charge in [-0.25, -0.2) is 9.37 Å². The van der Waals surface area contributed by atoms with Crippen LogP contribution in [0.4, 0.5) is 30.7 Å². The molecule has 0 bridgehead atoms. The van der Waals surface area contributed by atoms with Gasteiger partial charge in [0.1, 0.15) is 23.7 Å². The standard InChI is InChI=1S/C8H4F7NO2/c9-2-4-5(17)1-3(7(10,11)12)6(16-4)18-8(13,14)15/h1,17H,2H2. The van der Waals surface area contributed by atoms with Gasteiger partial charge in [0, 0.05) is 0 Å². The molecule has 102 valence electrons. The summed E-state index contributed by atoms with van der Waals surface area (Å²) in [7, 11) is 0. The Morgan fingerprint density at radius 3 is 2.11 bits per heavy atom. The van der Waals surface area contributed by atoms with E-state index in [-0.39, 0.29) is 6.07 Å². The normalized spacial score (nSPS) is 12.6. The minimum atomic E-state index is -5.42. The Hall–Kier alpha value is -1.74. The van der Waals surface area contributed by atoms with Crippen LogP contribution in [0.1, 0.15) is 11.3 Å². The molecular weight excluding hydrogens is 275 g/mol. The summed E-state index contributed by atoms with van der Waals surface area (Å²) in [4.78, 5) is 2.66. The summed E-state index contributed by atoms with van der Waals surface area (Å²) in [6.07, 6.45) is -10.7. The van der Waals surface area contributed by atoms with Crippen LogP contribution in [0, 0.1) is 0 Å². The van der Waals surface area contributed by atoms with E-state index in [1.807, 2.05) is 0 Å². The predicted octanol–water partition coefficient (Wildman–Crippen LogP) is 3.17. The maximum Gasteiger partial charge on any atom is 0.574 e. The summed E-state index contributed by atoms with van der Waals surface area (Å²) in [6, 6.07) is -0.0804. The molecule has 3 nitrogen and oxygen atoms in total. The molecule has 0 spiro atoms. The van der Waals surface area contributed by atoms with Crippen LogP contribution in [0.2, 0.25) is 0 Å². The number of pyridine rings is 1. The fraction of sp³-hybridized carbons (Fsp3) is 0.375. The lowest BCUT2D eigenvalue weighted by Gasteiger charge is -2.15. The quantitative estimate of drug-likeness (QED) is 0.845. The molecule has 1 N–H and O–H groups in total. The maximum atomic E-state index is 12.3. The van der Waals surface area contributed by atoms with E-state index in [1.165, 1.54) is 0 Å². The summed E-state index contributed by atoms with van der Waals surface area (Å²) >= 11 is 0. The molecule has 0 atom stereocenters. The van der Waals surface area contributed by atoms with Gasteiger partial charge in [0.2, 0.25) is 5.88 Å². The second-order valence-electron chi connectivity index (χ2n) is 2.99. The Morgan fingerprint density at radius 1 is 1.17 bits per heavy atom. The maximum absolute atomic E-state index is 12.3. The number of alkyl halides is 7. The van der Waals surface area contributed by atoms with Crippen LogP contribution >= 0.6 is 0 Å². The summed E-state index contributed by atoms with van der Waals surface area (Å²) in [5, 5.41) is 8.94. The van der Waals surface area contributed by atoms with Crippen LogP contribution in [0.3, 0.4) is 0 Å². The smallest absolute Gasteiger partial charge is 0.506 e. The molecule has 10 heteroatoms. The van der Waals surface area contributed by atoms with Gasteiger partial charge in [-0.05, 0) is 6.07 Å². The van der Waals surface area contributed by atoms with Gasteiger partial charge in [0.05, 0.1) is 0 Å². The highest BCUT2D eigenvalue weighted by Gasteiger charge is 2.41. The molecule has 0 aromatic carbocycles. The lowest BCUT2D eigenvalue weighted by molar-refractivity contribution is -0.278. The van der Waals surface area contributed by atoms with Gasteiger partial charge in [-0.15, -0.1) is 13.2 Å². The third-order valence-electron chi connectivity index (χ3n) is 1.69. The van der Waals surface area contributed by atoms with Crippen LogP contribution in [-0.4, -0.2) is 16.5 Å². The van der Waals surface area contributed by atoms with Crippen LogP contribution in [0.15, 0.2) is 6.07 Å². The van der Waals surface area contributed by atoms with E-state index < -0.39 is 42.1 Å². The molecule has 1 aromatic heterocycles. The molecule has 0 saturated carbocycles. The Balaban J connectivity index is 3.35. The molecule has 1 aromatic rings. The van der Waals surface area contributed by atoms with E-state index in [0.717, 1.165) is 0 Å². The van der Waals surface area contributed by atoms with Crippen molar-refractivity contribution >= 4 is 0 Å². The molecule has 0 fully saturated rings. The van der Waals surface area contributed by atoms with Crippen LogP contribution in [0.5, 0.6) is 11.6 Å². The average Bonchev–Trinajstić information content (AvgIpc) is 2.16. The number of aromatic hydroxyl groups is 1. The Labute approximate surface area is 94.8 Å². The molecule has 18 heavy (non-hydrogen) atoms. The minimum Gasteiger partial charge on any atom is -0.506 e. The molecule has 0 amide bonds. The zero-order chi connectivity index (χ0) is 14.1. The topological polar surface area (TPSA) is 42.4 Å². The molecule has 1 heterocycles. The largest absolute Gasteiger partial charge is 0.574 e. The summed E-state index contributed by atoms with van der Waals surface area (Å²) < 4.78 is 87.9. The van der Waals surface area contributed by atoms with E-state index in [2.05, 4.69) is 9.72 Å². The van der Waals surface area contributed by atoms with E-state index >= 15 is 0 Å². The highest BCUT2D eigenvalue weighted by molar-refractivity contribution is 5.39. The third kappa shape index (κ3) is 3.37. The Kier molecular flexibility index (Phi) is 3.58. The number of aromatic nitrogens is 1. The Bertz CT molecular complexity index is 440. The first-order valence-electron chi connectivity index (χ1n) is 4.16. The highest BCUT2D eigenvalue weighted by atomic mass is 19.4. The van der Waals surface area contributed by atoms with Crippen molar-refractivity contribution in [3.63, 3.8) is 0 Å². The van der Waals surface area contributed by atoms with Crippen molar-refractivity contribution < 1.29 is 40.6 Å². The second-order valence-corrected chi connectivity index (χ2v) is 2.99. The summed E-state index contributed by atoms with van der Waals surface area (Å²) in [5.41, 5.74) is -2.93. The third-order valence-corrected chi connectivity index (χ3v) is 1.69. The zero-order valence-corrected chi connectivity index (χ0v) is 8.23. The molecule has 0 aliphatic carbocycles. The number of rotatable bonds is 2. The van der Waals surface area contributed by atoms with Crippen LogP contribution < -0.4 is 4.74 Å². The number of hydrogen-bond donors (Lipinski definition) is 1. The van der Waals surface area contributed by atoms with Crippen molar-refractivity contribution in [2.24, 2.45) is 0 Å². The SMILES string of the molecule is Oc1cc(C(F)(F)F)c(OC(F)(F)F)nc1CF. The van der Waals surface area contributed by atoms with Gasteiger partial charge in [-0.3, -0.25) is 0 Å². The molecule has 0 radical (unpaired) electrons. The lowest BCUT2D eigenvalue weighted by atomic mass is 10.2. The van der Waals surface area contributed by atoms with Crippen molar-refractivity contribution in [1.82, 2.24) is 4.98 Å². The fourth-order valence-corrected chi connectivity index (χ4v) is 1.01. The van der Waals surface area contributed by atoms with E-state index in [4.69, 9.17) is 5.11 Å². The van der Waals surface area contributed by atoms with Gasteiger partial charge >= 0.3 is 12.5 Å². The summed E-state index contributed by atoms with van der Waals surface area (Å²) in [6.45, 7) is -1.54. The first-order chi connectivity index (χ1) is 8.04.